The fraction of sp³-hybridized carbons (Fsp3) is 0.375. The quantitative estimate of drug-likeness (QED) is 0.722. The molecule has 1 saturated heterocycles. The van der Waals surface area contributed by atoms with E-state index in [9.17, 15) is 9.59 Å². The number of carboxylic acid groups (broad SMARTS) is 1. The van der Waals surface area contributed by atoms with Crippen molar-refractivity contribution in [1.29, 1.82) is 0 Å². The molecule has 4 heterocycles. The fourth-order valence-corrected chi connectivity index (χ4v) is 3.79. The Labute approximate surface area is 146 Å². The van der Waals surface area contributed by atoms with Crippen molar-refractivity contribution in [3.8, 4) is 0 Å². The van der Waals surface area contributed by atoms with E-state index < -0.39 is 6.09 Å². The number of piperidine rings is 1. The predicted molar refractivity (Wildman–Crippen MR) is 86.5 cm³/mol. The van der Waals surface area contributed by atoms with E-state index in [1.54, 1.807) is 18.3 Å². The highest BCUT2D eigenvalue weighted by Crippen LogP contribution is 2.57. The van der Waals surface area contributed by atoms with Crippen LogP contribution < -0.4 is 5.56 Å². The van der Waals surface area contributed by atoms with Crippen LogP contribution in [0.15, 0.2) is 33.8 Å². The molecular formula is C16H14N6O4. The maximum atomic E-state index is 12.5. The van der Waals surface area contributed by atoms with Gasteiger partial charge in [-0.15, -0.1) is 0 Å². The molecule has 132 valence electrons. The number of likely N-dealkylation sites (tertiary alicyclic amines) is 1. The predicted octanol–water partition coefficient (Wildman–Crippen LogP) is 0.546. The fourth-order valence-electron chi connectivity index (χ4n) is 3.79. The molecule has 5 rings (SSSR count). The third kappa shape index (κ3) is 2.25. The van der Waals surface area contributed by atoms with E-state index in [2.05, 4.69) is 20.2 Å². The van der Waals surface area contributed by atoms with Gasteiger partial charge in [0.1, 0.15) is 6.54 Å². The number of nitrogens with zero attached hydrogens (tertiary/aromatic N) is 6. The van der Waals surface area contributed by atoms with Crippen molar-refractivity contribution in [1.82, 2.24) is 29.8 Å². The summed E-state index contributed by atoms with van der Waals surface area (Å²) in [5.41, 5.74) is 0.268. The van der Waals surface area contributed by atoms with Crippen molar-refractivity contribution in [2.24, 2.45) is 11.8 Å². The number of pyridine rings is 1. The summed E-state index contributed by atoms with van der Waals surface area (Å²) in [5.74, 6) is 1.52. The third-order valence-corrected chi connectivity index (χ3v) is 5.15. The third-order valence-electron chi connectivity index (χ3n) is 5.15. The largest absolute Gasteiger partial charge is 0.465 e. The van der Waals surface area contributed by atoms with E-state index >= 15 is 0 Å². The Morgan fingerprint density at radius 1 is 1.35 bits per heavy atom. The summed E-state index contributed by atoms with van der Waals surface area (Å²) in [6, 6.07) is 3.40. The highest BCUT2D eigenvalue weighted by atomic mass is 16.5. The van der Waals surface area contributed by atoms with E-state index in [0.29, 0.717) is 35.7 Å². The summed E-state index contributed by atoms with van der Waals surface area (Å²) in [4.78, 5) is 33.3. The summed E-state index contributed by atoms with van der Waals surface area (Å²) < 4.78 is 6.54. The minimum Gasteiger partial charge on any atom is -0.465 e. The molecule has 1 amide bonds. The van der Waals surface area contributed by atoms with Crippen molar-refractivity contribution in [3.05, 3.63) is 46.6 Å². The molecule has 0 aromatic carbocycles. The number of carbonyl (C=O) groups is 1. The Morgan fingerprint density at radius 3 is 2.92 bits per heavy atom. The Bertz CT molecular complexity index is 1060. The van der Waals surface area contributed by atoms with Crippen LogP contribution in [0.25, 0.3) is 10.9 Å². The molecule has 0 spiro atoms. The average Bonchev–Trinajstić information content (AvgIpc) is 3.01. The summed E-state index contributed by atoms with van der Waals surface area (Å²) in [7, 11) is 0. The highest BCUT2D eigenvalue weighted by Gasteiger charge is 2.59. The highest BCUT2D eigenvalue weighted by molar-refractivity contribution is 5.75. The van der Waals surface area contributed by atoms with Crippen LogP contribution in [0.5, 0.6) is 0 Å². The van der Waals surface area contributed by atoms with E-state index in [1.807, 2.05) is 0 Å². The zero-order chi connectivity index (χ0) is 17.8. The lowest BCUT2D eigenvalue weighted by Gasteiger charge is -2.14. The zero-order valence-corrected chi connectivity index (χ0v) is 13.5. The molecule has 1 N–H and O–H groups in total. The summed E-state index contributed by atoms with van der Waals surface area (Å²) in [5, 5.41) is 17.6. The smallest absolute Gasteiger partial charge is 0.407 e. The Hall–Kier alpha value is -3.30. The average molecular weight is 354 g/mol. The minimum atomic E-state index is -0.888. The lowest BCUT2D eigenvalue weighted by Crippen LogP contribution is -2.29. The maximum absolute atomic E-state index is 12.5. The molecule has 3 aromatic rings. The molecule has 0 radical (unpaired) electrons. The number of fused-ring (bicyclic) bond motifs is 2. The Kier molecular flexibility index (Phi) is 3.08. The van der Waals surface area contributed by atoms with Crippen LogP contribution in [-0.2, 0) is 6.54 Å². The van der Waals surface area contributed by atoms with E-state index in [4.69, 9.17) is 9.63 Å². The number of rotatable bonds is 3. The summed E-state index contributed by atoms with van der Waals surface area (Å²) >= 11 is 0. The van der Waals surface area contributed by atoms with Crippen molar-refractivity contribution in [2.75, 3.05) is 13.1 Å². The lowest BCUT2D eigenvalue weighted by molar-refractivity contribution is 0.149. The molecule has 0 unspecified atom stereocenters. The molecule has 1 saturated carbocycles. The normalized spacial score (nSPS) is 24.0. The van der Waals surface area contributed by atoms with Crippen molar-refractivity contribution in [2.45, 2.75) is 12.5 Å². The standard InChI is InChI=1S/C16H14N6O4/c23-15-8-2-1-3-17-11(8)4-18-22(15)7-12-19-14(20-26-12)13-9-5-21(16(24)25)6-10(9)13/h1-4,9-10,13H,5-7H2,(H,24,25)/t9-,10+,13-. The molecule has 3 aromatic heterocycles. The van der Waals surface area contributed by atoms with Crippen LogP contribution in [0, 0.1) is 11.8 Å². The van der Waals surface area contributed by atoms with Crippen LogP contribution in [-0.4, -0.2) is 54.1 Å². The van der Waals surface area contributed by atoms with Gasteiger partial charge in [-0.3, -0.25) is 9.78 Å². The van der Waals surface area contributed by atoms with Gasteiger partial charge in [0.15, 0.2) is 5.82 Å². The van der Waals surface area contributed by atoms with Gasteiger partial charge < -0.3 is 14.5 Å². The van der Waals surface area contributed by atoms with Crippen LogP contribution in [0.2, 0.25) is 0 Å². The molecule has 10 heteroatoms. The molecule has 0 bridgehead atoms. The first-order chi connectivity index (χ1) is 12.6. The first-order valence-electron chi connectivity index (χ1n) is 8.23. The lowest BCUT2D eigenvalue weighted by atomic mass is 10.2. The van der Waals surface area contributed by atoms with Gasteiger partial charge >= 0.3 is 6.09 Å². The zero-order valence-electron chi connectivity index (χ0n) is 13.5. The van der Waals surface area contributed by atoms with Crippen molar-refractivity contribution in [3.63, 3.8) is 0 Å². The molecule has 1 aliphatic carbocycles. The maximum Gasteiger partial charge on any atom is 0.407 e. The summed E-state index contributed by atoms with van der Waals surface area (Å²) in [6.07, 6.45) is 2.25. The number of hydrogen-bond donors (Lipinski definition) is 1. The van der Waals surface area contributed by atoms with Crippen molar-refractivity contribution >= 4 is 17.0 Å². The number of aromatic nitrogens is 5. The molecule has 10 nitrogen and oxygen atoms in total. The molecule has 2 fully saturated rings. The van der Waals surface area contributed by atoms with Gasteiger partial charge in [0.25, 0.3) is 5.56 Å². The molecular weight excluding hydrogens is 340 g/mol. The van der Waals surface area contributed by atoms with E-state index in [-0.39, 0.29) is 29.9 Å². The monoisotopic (exact) mass is 354 g/mol. The minimum absolute atomic E-state index is 0.0833. The van der Waals surface area contributed by atoms with E-state index in [0.717, 1.165) is 0 Å². The SMILES string of the molecule is O=C(O)N1C[C@@H]2[C@H](C1)[C@@H]2c1noc(Cn2ncc3ncccc3c2=O)n1. The first kappa shape index (κ1) is 15.0. The van der Waals surface area contributed by atoms with Crippen LogP contribution >= 0.6 is 0 Å². The van der Waals surface area contributed by atoms with Gasteiger partial charge in [-0.1, -0.05) is 5.16 Å². The Balaban J connectivity index is 1.34. The topological polar surface area (TPSA) is 127 Å². The molecule has 26 heavy (non-hydrogen) atoms. The second kappa shape index (κ2) is 5.35. The molecule has 1 aliphatic heterocycles. The van der Waals surface area contributed by atoms with Crippen LogP contribution in [0.3, 0.4) is 0 Å². The van der Waals surface area contributed by atoms with Crippen LogP contribution in [0.4, 0.5) is 4.79 Å². The molecule has 3 atom stereocenters. The van der Waals surface area contributed by atoms with Crippen LogP contribution in [0.1, 0.15) is 17.6 Å². The van der Waals surface area contributed by atoms with Gasteiger partial charge in [-0.25, -0.2) is 9.48 Å². The second-order valence-corrected chi connectivity index (χ2v) is 6.63. The van der Waals surface area contributed by atoms with E-state index in [1.165, 1.54) is 15.8 Å². The molecule has 2 aliphatic rings. The van der Waals surface area contributed by atoms with Gasteiger partial charge in [-0.05, 0) is 24.0 Å². The van der Waals surface area contributed by atoms with Gasteiger partial charge in [-0.2, -0.15) is 10.1 Å². The summed E-state index contributed by atoms with van der Waals surface area (Å²) in [6.45, 7) is 1.10. The number of amides is 1. The van der Waals surface area contributed by atoms with Gasteiger partial charge in [0.2, 0.25) is 5.89 Å². The Morgan fingerprint density at radius 2 is 2.15 bits per heavy atom. The van der Waals surface area contributed by atoms with Gasteiger partial charge in [0, 0.05) is 25.2 Å². The first-order valence-corrected chi connectivity index (χ1v) is 8.23. The van der Waals surface area contributed by atoms with Gasteiger partial charge in [0.05, 0.1) is 17.1 Å². The second-order valence-electron chi connectivity index (χ2n) is 6.63. The van der Waals surface area contributed by atoms with Crippen molar-refractivity contribution < 1.29 is 14.4 Å². The number of hydrogen-bond acceptors (Lipinski definition) is 7.